The second-order valence-electron chi connectivity index (χ2n) is 4.47. The van der Waals surface area contributed by atoms with Gasteiger partial charge in [0.25, 0.3) is 5.56 Å². The Bertz CT molecular complexity index is 649. The first-order valence-corrected chi connectivity index (χ1v) is 6.63. The normalized spacial score (nSPS) is 10.1. The molecule has 0 N–H and O–H groups in total. The Morgan fingerprint density at radius 1 is 1.14 bits per heavy atom. The van der Waals surface area contributed by atoms with Crippen molar-refractivity contribution >= 4 is 5.97 Å². The largest absolute Gasteiger partial charge is 0.491 e. The van der Waals surface area contributed by atoms with Gasteiger partial charge in [0.05, 0.1) is 13.7 Å². The quantitative estimate of drug-likeness (QED) is 0.758. The number of rotatable bonds is 6. The molecule has 0 aliphatic rings. The van der Waals surface area contributed by atoms with Crippen molar-refractivity contribution in [2.75, 3.05) is 13.7 Å². The van der Waals surface area contributed by atoms with Crippen molar-refractivity contribution in [1.29, 1.82) is 0 Å². The molecule has 110 valence electrons. The van der Waals surface area contributed by atoms with Crippen LogP contribution in [-0.2, 0) is 22.5 Å². The fraction of sp³-hybridized carbons (Fsp3) is 0.250. The minimum atomic E-state index is -0.443. The van der Waals surface area contributed by atoms with Gasteiger partial charge in [-0.25, -0.2) is 0 Å². The highest BCUT2D eigenvalue weighted by molar-refractivity contribution is 5.69. The summed E-state index contributed by atoms with van der Waals surface area (Å²) < 4.78 is 11.3. The number of nitrogens with zero attached hydrogens (tertiary/aromatic N) is 1. The smallest absolute Gasteiger partial charge is 0.326 e. The highest BCUT2D eigenvalue weighted by atomic mass is 16.5. The summed E-state index contributed by atoms with van der Waals surface area (Å²) in [6, 6.07) is 13.0. The summed E-state index contributed by atoms with van der Waals surface area (Å²) in [7, 11) is 1.42. The Labute approximate surface area is 122 Å². The summed E-state index contributed by atoms with van der Waals surface area (Å²) >= 11 is 0. The van der Waals surface area contributed by atoms with Crippen LogP contribution < -0.4 is 10.3 Å². The number of carbonyl (C=O) groups excluding carboxylic acids is 1. The molecule has 1 aromatic heterocycles. The van der Waals surface area contributed by atoms with Crippen LogP contribution in [0.3, 0.4) is 0 Å². The van der Waals surface area contributed by atoms with Gasteiger partial charge in [-0.2, -0.15) is 0 Å². The van der Waals surface area contributed by atoms with Crippen molar-refractivity contribution in [1.82, 2.24) is 4.57 Å². The van der Waals surface area contributed by atoms with E-state index in [0.717, 1.165) is 5.56 Å². The van der Waals surface area contributed by atoms with Crippen LogP contribution in [0.4, 0.5) is 0 Å². The lowest BCUT2D eigenvalue weighted by molar-refractivity contribution is -0.144. The summed E-state index contributed by atoms with van der Waals surface area (Å²) in [6.07, 6.45) is 2.18. The highest BCUT2D eigenvalue weighted by Crippen LogP contribution is 2.02. The third kappa shape index (κ3) is 4.21. The van der Waals surface area contributed by atoms with E-state index in [1.807, 2.05) is 30.3 Å². The SMILES string of the molecule is COc1cccn(CC(=O)OCCc2ccccc2)c1=O. The Morgan fingerprint density at radius 2 is 1.90 bits per heavy atom. The van der Waals surface area contributed by atoms with Gasteiger partial charge >= 0.3 is 5.97 Å². The molecule has 2 rings (SSSR count). The average molecular weight is 287 g/mol. The van der Waals surface area contributed by atoms with Gasteiger partial charge in [0, 0.05) is 12.6 Å². The molecule has 0 saturated carbocycles. The minimum absolute atomic E-state index is 0.120. The lowest BCUT2D eigenvalue weighted by Gasteiger charge is -2.08. The van der Waals surface area contributed by atoms with Gasteiger partial charge in [0.1, 0.15) is 6.54 Å². The van der Waals surface area contributed by atoms with Gasteiger partial charge in [-0.3, -0.25) is 9.59 Å². The molecule has 0 atom stereocenters. The van der Waals surface area contributed by atoms with Crippen LogP contribution in [0, 0.1) is 0 Å². The van der Waals surface area contributed by atoms with Crippen molar-refractivity contribution < 1.29 is 14.3 Å². The van der Waals surface area contributed by atoms with Crippen molar-refractivity contribution in [3.05, 3.63) is 64.6 Å². The molecule has 0 aliphatic carbocycles. The first kappa shape index (κ1) is 14.8. The molecule has 0 radical (unpaired) electrons. The zero-order chi connectivity index (χ0) is 15.1. The zero-order valence-corrected chi connectivity index (χ0v) is 11.8. The number of ether oxygens (including phenoxy) is 2. The number of hydrogen-bond acceptors (Lipinski definition) is 4. The molecule has 0 bridgehead atoms. The Balaban J connectivity index is 1.86. The Hall–Kier alpha value is -2.56. The molecule has 0 fully saturated rings. The molecule has 0 aliphatic heterocycles. The fourth-order valence-corrected chi connectivity index (χ4v) is 1.91. The maximum atomic E-state index is 11.9. The van der Waals surface area contributed by atoms with E-state index in [0.29, 0.717) is 13.0 Å². The molecule has 0 unspecified atom stereocenters. The first-order chi connectivity index (χ1) is 10.2. The van der Waals surface area contributed by atoms with E-state index in [1.54, 1.807) is 12.1 Å². The van der Waals surface area contributed by atoms with E-state index in [4.69, 9.17) is 9.47 Å². The van der Waals surface area contributed by atoms with Crippen LogP contribution in [0.2, 0.25) is 0 Å². The van der Waals surface area contributed by atoms with E-state index in [2.05, 4.69) is 0 Å². The van der Waals surface area contributed by atoms with E-state index >= 15 is 0 Å². The Kier molecular flexibility index (Phi) is 5.15. The molecule has 21 heavy (non-hydrogen) atoms. The van der Waals surface area contributed by atoms with Crippen LogP contribution in [0.1, 0.15) is 5.56 Å². The average Bonchev–Trinajstić information content (AvgIpc) is 2.50. The number of carbonyl (C=O) groups is 1. The lowest BCUT2D eigenvalue weighted by atomic mass is 10.2. The molecule has 2 aromatic rings. The summed E-state index contributed by atoms with van der Waals surface area (Å²) in [5.41, 5.74) is 0.754. The molecule has 5 heteroatoms. The molecular weight excluding hydrogens is 270 g/mol. The number of benzene rings is 1. The molecule has 0 saturated heterocycles. The number of hydrogen-bond donors (Lipinski definition) is 0. The Morgan fingerprint density at radius 3 is 2.62 bits per heavy atom. The molecule has 1 heterocycles. The number of methoxy groups -OCH3 is 1. The molecular formula is C16H17NO4. The number of aromatic nitrogens is 1. The van der Waals surface area contributed by atoms with Crippen LogP contribution in [0.25, 0.3) is 0 Å². The summed E-state index contributed by atoms with van der Waals surface area (Å²) in [5, 5.41) is 0. The van der Waals surface area contributed by atoms with Gasteiger partial charge in [0.15, 0.2) is 5.75 Å². The van der Waals surface area contributed by atoms with Gasteiger partial charge in [0.2, 0.25) is 0 Å². The van der Waals surface area contributed by atoms with Crippen molar-refractivity contribution in [3.8, 4) is 5.75 Å². The van der Waals surface area contributed by atoms with Crippen molar-refractivity contribution in [3.63, 3.8) is 0 Å². The molecule has 5 nitrogen and oxygen atoms in total. The summed E-state index contributed by atoms with van der Waals surface area (Å²) in [6.45, 7) is 0.173. The van der Waals surface area contributed by atoms with Crippen molar-refractivity contribution in [2.45, 2.75) is 13.0 Å². The number of pyridine rings is 1. The first-order valence-electron chi connectivity index (χ1n) is 6.63. The van der Waals surface area contributed by atoms with E-state index in [9.17, 15) is 9.59 Å². The maximum absolute atomic E-state index is 11.9. The predicted octanol–water partition coefficient (Wildman–Crippen LogP) is 1.64. The minimum Gasteiger partial charge on any atom is -0.491 e. The lowest BCUT2D eigenvalue weighted by Crippen LogP contribution is -2.25. The summed E-state index contributed by atoms with van der Waals surface area (Å²) in [4.78, 5) is 23.6. The van der Waals surface area contributed by atoms with Gasteiger partial charge in [-0.15, -0.1) is 0 Å². The van der Waals surface area contributed by atoms with Gasteiger partial charge in [-0.1, -0.05) is 30.3 Å². The van der Waals surface area contributed by atoms with E-state index in [1.165, 1.54) is 17.9 Å². The van der Waals surface area contributed by atoms with E-state index < -0.39 is 5.97 Å². The monoisotopic (exact) mass is 287 g/mol. The molecule has 0 spiro atoms. The molecule has 0 amide bonds. The predicted molar refractivity (Wildman–Crippen MR) is 78.4 cm³/mol. The van der Waals surface area contributed by atoms with Crippen LogP contribution in [0.15, 0.2) is 53.5 Å². The van der Waals surface area contributed by atoms with Crippen LogP contribution >= 0.6 is 0 Å². The van der Waals surface area contributed by atoms with Crippen LogP contribution in [-0.4, -0.2) is 24.3 Å². The van der Waals surface area contributed by atoms with Gasteiger partial charge in [-0.05, 0) is 17.7 Å². The van der Waals surface area contributed by atoms with Crippen molar-refractivity contribution in [2.24, 2.45) is 0 Å². The standard InChI is InChI=1S/C16H17NO4/c1-20-14-8-5-10-17(16(14)19)12-15(18)21-11-9-13-6-3-2-4-7-13/h2-8,10H,9,11-12H2,1H3. The van der Waals surface area contributed by atoms with Crippen LogP contribution in [0.5, 0.6) is 5.75 Å². The number of esters is 1. The second kappa shape index (κ2) is 7.28. The topological polar surface area (TPSA) is 57.5 Å². The fourth-order valence-electron chi connectivity index (χ4n) is 1.91. The zero-order valence-electron chi connectivity index (χ0n) is 11.8. The second-order valence-corrected chi connectivity index (χ2v) is 4.47. The highest BCUT2D eigenvalue weighted by Gasteiger charge is 2.08. The summed E-state index contributed by atoms with van der Waals surface area (Å²) in [5.74, 6) is -0.240. The van der Waals surface area contributed by atoms with E-state index in [-0.39, 0.29) is 17.9 Å². The third-order valence-corrected chi connectivity index (χ3v) is 3.00. The molecule has 1 aromatic carbocycles. The van der Waals surface area contributed by atoms with Gasteiger partial charge < -0.3 is 14.0 Å². The third-order valence-electron chi connectivity index (χ3n) is 3.00. The maximum Gasteiger partial charge on any atom is 0.326 e.